The van der Waals surface area contributed by atoms with Gasteiger partial charge in [-0.15, -0.1) is 0 Å². The molecule has 1 saturated heterocycles. The Morgan fingerprint density at radius 1 is 1.36 bits per heavy atom. The minimum Gasteiger partial charge on any atom is -0.493 e. The van der Waals surface area contributed by atoms with Crippen molar-refractivity contribution in [2.45, 2.75) is 26.4 Å². The normalized spacial score (nSPS) is 17.1. The highest BCUT2D eigenvalue weighted by atomic mass is 32.2. The van der Waals surface area contributed by atoms with Crippen molar-refractivity contribution in [3.63, 3.8) is 0 Å². The molecule has 1 aromatic rings. The molecule has 1 fully saturated rings. The Morgan fingerprint density at radius 3 is 2.68 bits per heavy atom. The van der Waals surface area contributed by atoms with E-state index in [9.17, 15) is 14.4 Å². The topological polar surface area (TPSA) is 93.1 Å². The Bertz CT molecular complexity index is 730. The van der Waals surface area contributed by atoms with E-state index in [2.05, 4.69) is 0 Å². The molecule has 1 heterocycles. The number of benzene rings is 1. The fourth-order valence-corrected chi connectivity index (χ4v) is 3.04. The van der Waals surface area contributed by atoms with E-state index in [0.717, 1.165) is 11.8 Å². The van der Waals surface area contributed by atoms with Crippen molar-refractivity contribution in [2.75, 3.05) is 13.7 Å². The van der Waals surface area contributed by atoms with Gasteiger partial charge in [-0.3, -0.25) is 14.5 Å². The number of nitrogens with zero attached hydrogens (tertiary/aromatic N) is 1. The molecule has 1 aliphatic rings. The first-order chi connectivity index (χ1) is 11.9. The molecule has 0 radical (unpaired) electrons. The zero-order chi connectivity index (χ0) is 18.6. The average molecular weight is 365 g/mol. The number of imide groups is 1. The van der Waals surface area contributed by atoms with Crippen LogP contribution in [0.2, 0.25) is 0 Å². The predicted octanol–water partition coefficient (Wildman–Crippen LogP) is 2.99. The van der Waals surface area contributed by atoms with E-state index >= 15 is 0 Å². The number of hydrogen-bond donors (Lipinski definition) is 1. The lowest BCUT2D eigenvalue weighted by molar-refractivity contribution is -0.144. The van der Waals surface area contributed by atoms with Gasteiger partial charge in [0, 0.05) is 6.54 Å². The smallest absolute Gasteiger partial charge is 0.344 e. The maximum absolute atomic E-state index is 12.2. The summed E-state index contributed by atoms with van der Waals surface area (Å²) < 4.78 is 10.6. The Hall–Kier alpha value is -2.48. The van der Waals surface area contributed by atoms with E-state index in [-0.39, 0.29) is 16.9 Å². The third-order valence-electron chi connectivity index (χ3n) is 3.46. The Labute approximate surface area is 149 Å². The molecule has 0 saturated carbocycles. The van der Waals surface area contributed by atoms with Crippen LogP contribution in [-0.4, -0.2) is 46.9 Å². The van der Waals surface area contributed by atoms with Crippen LogP contribution in [0.25, 0.3) is 6.08 Å². The molecule has 1 aliphatic heterocycles. The number of aliphatic carboxylic acids is 1. The first-order valence-electron chi connectivity index (χ1n) is 7.70. The van der Waals surface area contributed by atoms with Crippen LogP contribution < -0.4 is 9.47 Å². The summed E-state index contributed by atoms with van der Waals surface area (Å²) in [7, 11) is 1.44. The fourth-order valence-electron chi connectivity index (χ4n) is 2.18. The summed E-state index contributed by atoms with van der Waals surface area (Å²) in [6.07, 6.45) is 1.28. The van der Waals surface area contributed by atoms with Crippen LogP contribution in [0.15, 0.2) is 23.1 Å². The van der Waals surface area contributed by atoms with Gasteiger partial charge in [-0.2, -0.15) is 0 Å². The maximum Gasteiger partial charge on any atom is 0.344 e. The summed E-state index contributed by atoms with van der Waals surface area (Å²) in [6.45, 7) is 3.71. The summed E-state index contributed by atoms with van der Waals surface area (Å²) in [5.41, 5.74) is 0.647. The van der Waals surface area contributed by atoms with E-state index in [4.69, 9.17) is 14.6 Å². The van der Waals surface area contributed by atoms with Gasteiger partial charge in [0.15, 0.2) is 17.6 Å². The third kappa shape index (κ3) is 4.33. The molecule has 1 aromatic carbocycles. The van der Waals surface area contributed by atoms with Crippen molar-refractivity contribution in [1.82, 2.24) is 4.90 Å². The van der Waals surface area contributed by atoms with Gasteiger partial charge < -0.3 is 14.6 Å². The van der Waals surface area contributed by atoms with Crippen molar-refractivity contribution in [3.05, 3.63) is 28.7 Å². The molecule has 134 valence electrons. The molecule has 0 spiro atoms. The van der Waals surface area contributed by atoms with Crippen LogP contribution in [0.4, 0.5) is 4.79 Å². The lowest BCUT2D eigenvalue weighted by Gasteiger charge is -2.14. The summed E-state index contributed by atoms with van der Waals surface area (Å²) in [6, 6.07) is 4.86. The van der Waals surface area contributed by atoms with Crippen molar-refractivity contribution in [3.8, 4) is 11.5 Å². The second-order valence-corrected chi connectivity index (χ2v) is 6.34. The van der Waals surface area contributed by atoms with Crippen molar-refractivity contribution >= 4 is 35.0 Å². The number of thioether (sulfide) groups is 1. The summed E-state index contributed by atoms with van der Waals surface area (Å²) in [4.78, 5) is 36.6. The van der Waals surface area contributed by atoms with Crippen molar-refractivity contribution in [2.24, 2.45) is 0 Å². The van der Waals surface area contributed by atoms with Gasteiger partial charge in [0.25, 0.3) is 11.1 Å². The van der Waals surface area contributed by atoms with Crippen molar-refractivity contribution in [1.29, 1.82) is 0 Å². The van der Waals surface area contributed by atoms with Gasteiger partial charge in [-0.1, -0.05) is 13.0 Å². The van der Waals surface area contributed by atoms with Gasteiger partial charge in [0.05, 0.1) is 12.0 Å². The van der Waals surface area contributed by atoms with Crippen LogP contribution in [-0.2, 0) is 9.59 Å². The van der Waals surface area contributed by atoms with Crippen LogP contribution in [0.1, 0.15) is 25.8 Å². The maximum atomic E-state index is 12.2. The number of rotatable bonds is 7. The number of carbonyl (C=O) groups excluding carboxylic acids is 2. The molecule has 0 aromatic heterocycles. The average Bonchev–Trinajstić information content (AvgIpc) is 2.83. The molecule has 25 heavy (non-hydrogen) atoms. The predicted molar refractivity (Wildman–Crippen MR) is 93.7 cm³/mol. The van der Waals surface area contributed by atoms with Crippen LogP contribution in [0, 0.1) is 0 Å². The SMILES string of the molecule is CCCN1C(=O)S/C(=C/c2ccc(O[C@@H](C)C(=O)O)c(OC)c2)C1=O. The highest BCUT2D eigenvalue weighted by molar-refractivity contribution is 8.18. The lowest BCUT2D eigenvalue weighted by Crippen LogP contribution is -2.28. The van der Waals surface area contributed by atoms with Gasteiger partial charge >= 0.3 is 5.97 Å². The van der Waals surface area contributed by atoms with E-state index in [0.29, 0.717) is 29.2 Å². The molecule has 8 heteroatoms. The number of ether oxygens (including phenoxy) is 2. The Morgan fingerprint density at radius 2 is 2.08 bits per heavy atom. The largest absolute Gasteiger partial charge is 0.493 e. The molecule has 1 N–H and O–H groups in total. The first kappa shape index (κ1) is 18.9. The number of carboxylic acid groups (broad SMARTS) is 1. The summed E-state index contributed by atoms with van der Waals surface area (Å²) >= 11 is 0.898. The van der Waals surface area contributed by atoms with Crippen molar-refractivity contribution < 1.29 is 29.0 Å². The zero-order valence-corrected chi connectivity index (χ0v) is 15.0. The molecular formula is C17H19NO6S. The Balaban J connectivity index is 2.25. The molecule has 2 amide bonds. The van der Waals surface area contributed by atoms with Crippen LogP contribution in [0.5, 0.6) is 11.5 Å². The Kier molecular flexibility index (Phi) is 6.08. The quantitative estimate of drug-likeness (QED) is 0.742. The molecule has 0 unspecified atom stereocenters. The summed E-state index contributed by atoms with van der Waals surface area (Å²) in [5.74, 6) is -0.769. The molecule has 1 atom stereocenters. The number of amides is 2. The highest BCUT2D eigenvalue weighted by Crippen LogP contribution is 2.34. The lowest BCUT2D eigenvalue weighted by atomic mass is 10.1. The first-order valence-corrected chi connectivity index (χ1v) is 8.51. The fraction of sp³-hybridized carbons (Fsp3) is 0.353. The van der Waals surface area contributed by atoms with E-state index in [1.165, 1.54) is 18.9 Å². The monoisotopic (exact) mass is 365 g/mol. The highest BCUT2D eigenvalue weighted by Gasteiger charge is 2.34. The van der Waals surface area contributed by atoms with Crippen LogP contribution >= 0.6 is 11.8 Å². The minimum atomic E-state index is -1.09. The number of methoxy groups -OCH3 is 1. The third-order valence-corrected chi connectivity index (χ3v) is 4.37. The van der Waals surface area contributed by atoms with E-state index in [1.54, 1.807) is 24.3 Å². The zero-order valence-electron chi connectivity index (χ0n) is 14.1. The van der Waals surface area contributed by atoms with E-state index < -0.39 is 12.1 Å². The second kappa shape index (κ2) is 8.06. The number of carboxylic acids is 1. The van der Waals surface area contributed by atoms with Gasteiger partial charge in [-0.05, 0) is 48.9 Å². The minimum absolute atomic E-state index is 0.277. The molecule has 0 aliphatic carbocycles. The molecule has 2 rings (SSSR count). The van der Waals surface area contributed by atoms with Gasteiger partial charge in [-0.25, -0.2) is 4.79 Å². The standard InChI is InChI=1S/C17H19NO6S/c1-4-7-18-15(19)14(25-17(18)22)9-11-5-6-12(13(8-11)23-3)24-10(2)16(20)21/h5-6,8-10H,4,7H2,1-3H3,(H,20,21)/b14-9+/t10-/m0/s1. The number of hydrogen-bond acceptors (Lipinski definition) is 6. The second-order valence-electron chi connectivity index (χ2n) is 5.34. The van der Waals surface area contributed by atoms with Crippen LogP contribution in [0.3, 0.4) is 0 Å². The summed E-state index contributed by atoms with van der Waals surface area (Å²) in [5, 5.41) is 8.64. The number of carbonyl (C=O) groups is 3. The van der Waals surface area contributed by atoms with Gasteiger partial charge in [0.1, 0.15) is 0 Å². The van der Waals surface area contributed by atoms with E-state index in [1.807, 2.05) is 6.92 Å². The molecule has 0 bridgehead atoms. The molecule has 7 nitrogen and oxygen atoms in total. The van der Waals surface area contributed by atoms with Gasteiger partial charge in [0.2, 0.25) is 0 Å². The molecular weight excluding hydrogens is 346 g/mol.